The SMILES string of the molecule is O=C(c1ccc2ncccc2c1)N1CCc2[nH]nc(C3CC3)c2CC1. The Morgan fingerprint density at radius 1 is 1.16 bits per heavy atom. The summed E-state index contributed by atoms with van der Waals surface area (Å²) < 4.78 is 0. The molecule has 5 heteroatoms. The van der Waals surface area contributed by atoms with Crippen LogP contribution < -0.4 is 0 Å². The van der Waals surface area contributed by atoms with Crippen LogP contribution in [-0.4, -0.2) is 39.1 Å². The van der Waals surface area contributed by atoms with Crippen LogP contribution in [0.25, 0.3) is 10.9 Å². The lowest BCUT2D eigenvalue weighted by atomic mass is 10.1. The first-order valence-electron chi connectivity index (χ1n) is 8.99. The summed E-state index contributed by atoms with van der Waals surface area (Å²) in [5, 5.41) is 8.75. The highest BCUT2D eigenvalue weighted by Crippen LogP contribution is 2.41. The maximum Gasteiger partial charge on any atom is 0.253 e. The number of aromatic amines is 1. The Morgan fingerprint density at radius 2 is 2.04 bits per heavy atom. The minimum atomic E-state index is 0.108. The van der Waals surface area contributed by atoms with Gasteiger partial charge in [-0.25, -0.2) is 0 Å². The van der Waals surface area contributed by atoms with Crippen LogP contribution in [0, 0.1) is 0 Å². The Hall–Kier alpha value is -2.69. The van der Waals surface area contributed by atoms with Crippen LogP contribution in [-0.2, 0) is 12.8 Å². The lowest BCUT2D eigenvalue weighted by Crippen LogP contribution is -2.33. The standard InChI is InChI=1S/C20H20N4O/c25-20(15-5-6-17-14(12-15)2-1-9-21-17)24-10-7-16-18(8-11-24)22-23-19(16)13-3-4-13/h1-2,5-6,9,12-13H,3-4,7-8,10-11H2,(H,22,23). The zero-order valence-electron chi connectivity index (χ0n) is 14.0. The quantitative estimate of drug-likeness (QED) is 0.784. The molecule has 1 aliphatic carbocycles. The molecule has 2 aliphatic rings. The first kappa shape index (κ1) is 14.6. The summed E-state index contributed by atoms with van der Waals surface area (Å²) in [6.45, 7) is 1.50. The lowest BCUT2D eigenvalue weighted by Gasteiger charge is -2.20. The fraction of sp³-hybridized carbons (Fsp3) is 0.350. The van der Waals surface area contributed by atoms with Crippen molar-refractivity contribution in [3.05, 3.63) is 59.0 Å². The van der Waals surface area contributed by atoms with Gasteiger partial charge < -0.3 is 4.90 Å². The van der Waals surface area contributed by atoms with Gasteiger partial charge in [0.05, 0.1) is 11.2 Å². The summed E-state index contributed by atoms with van der Waals surface area (Å²) in [6.07, 6.45) is 6.04. The van der Waals surface area contributed by atoms with Crippen LogP contribution in [0.4, 0.5) is 0 Å². The van der Waals surface area contributed by atoms with Crippen molar-refractivity contribution >= 4 is 16.8 Å². The van der Waals surface area contributed by atoms with Crippen LogP contribution >= 0.6 is 0 Å². The van der Waals surface area contributed by atoms with E-state index >= 15 is 0 Å². The predicted octanol–water partition coefficient (Wildman–Crippen LogP) is 3.08. The Morgan fingerprint density at radius 3 is 2.92 bits per heavy atom. The van der Waals surface area contributed by atoms with E-state index in [0.29, 0.717) is 5.92 Å². The normalized spacial score (nSPS) is 17.4. The van der Waals surface area contributed by atoms with Crippen LogP contribution in [0.3, 0.4) is 0 Å². The lowest BCUT2D eigenvalue weighted by molar-refractivity contribution is 0.0763. The average molecular weight is 332 g/mol. The van der Waals surface area contributed by atoms with Crippen molar-refractivity contribution in [2.75, 3.05) is 13.1 Å². The summed E-state index contributed by atoms with van der Waals surface area (Å²) >= 11 is 0. The molecule has 3 heterocycles. The number of hydrogen-bond acceptors (Lipinski definition) is 3. The van der Waals surface area contributed by atoms with E-state index in [1.54, 1.807) is 6.20 Å². The van der Waals surface area contributed by atoms with E-state index in [1.807, 2.05) is 35.2 Å². The Bertz CT molecular complexity index is 957. The topological polar surface area (TPSA) is 61.9 Å². The molecule has 1 saturated carbocycles. The number of nitrogens with zero attached hydrogens (tertiary/aromatic N) is 3. The minimum Gasteiger partial charge on any atom is -0.338 e. The molecule has 25 heavy (non-hydrogen) atoms. The second-order valence-electron chi connectivity index (χ2n) is 7.04. The monoisotopic (exact) mass is 332 g/mol. The zero-order chi connectivity index (χ0) is 16.8. The molecule has 0 saturated heterocycles. The van der Waals surface area contributed by atoms with Crippen molar-refractivity contribution < 1.29 is 4.79 Å². The number of nitrogens with one attached hydrogen (secondary N) is 1. The van der Waals surface area contributed by atoms with E-state index in [1.165, 1.54) is 29.8 Å². The van der Waals surface area contributed by atoms with Crippen molar-refractivity contribution in [3.63, 3.8) is 0 Å². The van der Waals surface area contributed by atoms with Gasteiger partial charge in [-0.2, -0.15) is 5.10 Å². The highest BCUT2D eigenvalue weighted by molar-refractivity contribution is 5.98. The number of H-pyrrole nitrogens is 1. The number of benzene rings is 1. The van der Waals surface area contributed by atoms with Gasteiger partial charge in [0, 0.05) is 48.3 Å². The molecule has 1 aliphatic heterocycles. The third-order valence-corrected chi connectivity index (χ3v) is 5.35. The molecule has 1 N–H and O–H groups in total. The molecule has 1 amide bonds. The van der Waals surface area contributed by atoms with Crippen LogP contribution in [0.15, 0.2) is 36.5 Å². The van der Waals surface area contributed by atoms with Gasteiger partial charge in [-0.15, -0.1) is 0 Å². The maximum absolute atomic E-state index is 13.0. The van der Waals surface area contributed by atoms with Crippen molar-refractivity contribution in [2.45, 2.75) is 31.6 Å². The van der Waals surface area contributed by atoms with E-state index in [4.69, 9.17) is 0 Å². The molecule has 0 unspecified atom stereocenters. The van der Waals surface area contributed by atoms with Gasteiger partial charge in [-0.05, 0) is 49.1 Å². The molecule has 0 spiro atoms. The molecule has 1 aromatic carbocycles. The second kappa shape index (κ2) is 5.69. The minimum absolute atomic E-state index is 0.108. The smallest absolute Gasteiger partial charge is 0.253 e. The molecule has 0 bridgehead atoms. The fourth-order valence-electron chi connectivity index (χ4n) is 3.80. The van der Waals surface area contributed by atoms with Gasteiger partial charge in [0.2, 0.25) is 0 Å². The van der Waals surface area contributed by atoms with Crippen molar-refractivity contribution in [2.24, 2.45) is 0 Å². The summed E-state index contributed by atoms with van der Waals surface area (Å²) in [7, 11) is 0. The first-order chi connectivity index (χ1) is 12.3. The van der Waals surface area contributed by atoms with Crippen LogP contribution in [0.1, 0.15) is 46.1 Å². The Balaban J connectivity index is 1.38. The molecule has 5 nitrogen and oxygen atoms in total. The highest BCUT2D eigenvalue weighted by Gasteiger charge is 2.31. The average Bonchev–Trinajstić information content (AvgIpc) is 3.45. The molecule has 2 aromatic heterocycles. The third kappa shape index (κ3) is 2.60. The van der Waals surface area contributed by atoms with E-state index in [2.05, 4.69) is 15.2 Å². The zero-order valence-corrected chi connectivity index (χ0v) is 14.0. The van der Waals surface area contributed by atoms with Crippen LogP contribution in [0.5, 0.6) is 0 Å². The van der Waals surface area contributed by atoms with E-state index in [-0.39, 0.29) is 5.91 Å². The number of pyridine rings is 1. The van der Waals surface area contributed by atoms with Crippen molar-refractivity contribution in [1.29, 1.82) is 0 Å². The van der Waals surface area contributed by atoms with Crippen LogP contribution in [0.2, 0.25) is 0 Å². The fourth-order valence-corrected chi connectivity index (χ4v) is 3.80. The number of fused-ring (bicyclic) bond motifs is 2. The first-order valence-corrected chi connectivity index (χ1v) is 8.99. The third-order valence-electron chi connectivity index (χ3n) is 5.35. The Labute approximate surface area is 146 Å². The summed E-state index contributed by atoms with van der Waals surface area (Å²) in [5.41, 5.74) is 5.50. The molecule has 5 rings (SSSR count). The molecule has 0 radical (unpaired) electrons. The van der Waals surface area contributed by atoms with E-state index < -0.39 is 0 Å². The molecule has 1 fully saturated rings. The van der Waals surface area contributed by atoms with Gasteiger partial charge in [0.15, 0.2) is 0 Å². The number of hydrogen-bond donors (Lipinski definition) is 1. The Kier molecular flexibility index (Phi) is 3.33. The van der Waals surface area contributed by atoms with Crippen molar-refractivity contribution in [3.8, 4) is 0 Å². The summed E-state index contributed by atoms with van der Waals surface area (Å²) in [4.78, 5) is 19.3. The number of aromatic nitrogens is 3. The summed E-state index contributed by atoms with van der Waals surface area (Å²) in [5.74, 6) is 0.757. The number of rotatable bonds is 2. The second-order valence-corrected chi connectivity index (χ2v) is 7.04. The predicted molar refractivity (Wildman–Crippen MR) is 95.6 cm³/mol. The number of carbonyl (C=O) groups is 1. The van der Waals surface area contributed by atoms with Gasteiger partial charge in [-0.3, -0.25) is 14.9 Å². The molecule has 3 aromatic rings. The molecule has 0 atom stereocenters. The van der Waals surface area contributed by atoms with Gasteiger partial charge in [0.25, 0.3) is 5.91 Å². The maximum atomic E-state index is 13.0. The highest BCUT2D eigenvalue weighted by atomic mass is 16.2. The molecular weight excluding hydrogens is 312 g/mol. The van der Waals surface area contributed by atoms with E-state index in [0.717, 1.165) is 42.4 Å². The number of amides is 1. The van der Waals surface area contributed by atoms with Gasteiger partial charge in [-0.1, -0.05) is 6.07 Å². The molecule has 126 valence electrons. The number of carbonyl (C=O) groups excluding carboxylic acids is 1. The van der Waals surface area contributed by atoms with E-state index in [9.17, 15) is 4.79 Å². The largest absolute Gasteiger partial charge is 0.338 e. The van der Waals surface area contributed by atoms with Crippen molar-refractivity contribution in [1.82, 2.24) is 20.1 Å². The van der Waals surface area contributed by atoms with Gasteiger partial charge >= 0.3 is 0 Å². The summed E-state index contributed by atoms with van der Waals surface area (Å²) in [6, 6.07) is 9.67. The van der Waals surface area contributed by atoms with Gasteiger partial charge in [0.1, 0.15) is 0 Å². The molecular formula is C20H20N4O.